The summed E-state index contributed by atoms with van der Waals surface area (Å²) in [5.74, 6) is -1.20. The van der Waals surface area contributed by atoms with Crippen molar-refractivity contribution < 1.29 is 31.5 Å². The van der Waals surface area contributed by atoms with Gasteiger partial charge >= 0.3 is 12.1 Å². The van der Waals surface area contributed by atoms with Gasteiger partial charge in [0.2, 0.25) is 0 Å². The summed E-state index contributed by atoms with van der Waals surface area (Å²) in [4.78, 5) is 11.1. The zero-order valence-corrected chi connectivity index (χ0v) is 19.0. The van der Waals surface area contributed by atoms with Crippen molar-refractivity contribution in [3.63, 3.8) is 0 Å². The Labute approximate surface area is 195 Å². The molecule has 1 aliphatic rings. The summed E-state index contributed by atoms with van der Waals surface area (Å²) in [6.07, 6.45) is -4.22. The van der Waals surface area contributed by atoms with E-state index in [0.717, 1.165) is 23.3 Å². The number of anilines is 1. The van der Waals surface area contributed by atoms with Crippen molar-refractivity contribution in [3.8, 4) is 11.1 Å². The first-order chi connectivity index (χ1) is 16.0. The van der Waals surface area contributed by atoms with Crippen LogP contribution in [0, 0.1) is 6.92 Å². The molecule has 1 unspecified atom stereocenters. The minimum Gasteiger partial charge on any atom is -0.481 e. The summed E-state index contributed by atoms with van der Waals surface area (Å²) in [5, 5.41) is 9.09. The molecule has 1 aliphatic heterocycles. The molecule has 1 N–H and O–H groups in total. The van der Waals surface area contributed by atoms with Crippen LogP contribution in [-0.2, 0) is 21.0 Å². The number of aliphatic carboxylic acids is 1. The van der Waals surface area contributed by atoms with E-state index < -0.39 is 27.7 Å². The molecule has 0 bridgehead atoms. The van der Waals surface area contributed by atoms with E-state index in [0.29, 0.717) is 23.2 Å². The molecule has 0 fully saturated rings. The second kappa shape index (κ2) is 8.79. The van der Waals surface area contributed by atoms with Gasteiger partial charge in [-0.25, -0.2) is 8.42 Å². The number of alkyl halides is 3. The van der Waals surface area contributed by atoms with E-state index in [-0.39, 0.29) is 23.8 Å². The summed E-state index contributed by atoms with van der Waals surface area (Å²) in [5.41, 5.74) is 2.26. The summed E-state index contributed by atoms with van der Waals surface area (Å²) >= 11 is 0. The molecule has 0 spiro atoms. The molecule has 0 saturated heterocycles. The lowest BCUT2D eigenvalue weighted by atomic mass is 9.95. The summed E-state index contributed by atoms with van der Waals surface area (Å²) in [6, 6.07) is 16.1. The smallest absolute Gasteiger partial charge is 0.416 e. The minimum atomic E-state index is -4.46. The van der Waals surface area contributed by atoms with Crippen LogP contribution in [0.2, 0.25) is 0 Å². The molecule has 0 aliphatic carbocycles. The third kappa shape index (κ3) is 4.52. The van der Waals surface area contributed by atoms with Gasteiger partial charge in [0.15, 0.2) is 0 Å². The van der Waals surface area contributed by atoms with E-state index in [9.17, 15) is 26.4 Å². The molecule has 5 nitrogen and oxygen atoms in total. The number of para-hydroxylation sites is 1. The molecule has 4 rings (SSSR count). The van der Waals surface area contributed by atoms with E-state index in [2.05, 4.69) is 0 Å². The number of hydrogen-bond donors (Lipinski definition) is 1. The van der Waals surface area contributed by atoms with Crippen molar-refractivity contribution in [1.82, 2.24) is 0 Å². The highest BCUT2D eigenvalue weighted by Crippen LogP contribution is 2.44. The van der Waals surface area contributed by atoms with Crippen LogP contribution >= 0.6 is 0 Å². The first-order valence-corrected chi connectivity index (χ1v) is 12.0. The van der Waals surface area contributed by atoms with Gasteiger partial charge in [0.1, 0.15) is 0 Å². The number of carboxylic acid groups (broad SMARTS) is 1. The maximum Gasteiger partial charge on any atom is 0.416 e. The van der Waals surface area contributed by atoms with Crippen LogP contribution in [0.25, 0.3) is 11.1 Å². The van der Waals surface area contributed by atoms with Gasteiger partial charge in [0.25, 0.3) is 10.0 Å². The maximum absolute atomic E-state index is 13.7. The monoisotopic (exact) mass is 489 g/mol. The lowest BCUT2D eigenvalue weighted by molar-refractivity contribution is -0.138. The number of carboxylic acids is 1. The molecule has 0 radical (unpaired) electrons. The van der Waals surface area contributed by atoms with Gasteiger partial charge < -0.3 is 5.11 Å². The lowest BCUT2D eigenvalue weighted by Crippen LogP contribution is -2.30. The Morgan fingerprint density at radius 3 is 2.35 bits per heavy atom. The van der Waals surface area contributed by atoms with Crippen molar-refractivity contribution in [2.45, 2.75) is 36.8 Å². The number of carbonyl (C=O) groups is 1. The second-order valence-electron chi connectivity index (χ2n) is 8.28. The van der Waals surface area contributed by atoms with E-state index in [1.165, 1.54) is 28.6 Å². The van der Waals surface area contributed by atoms with E-state index >= 15 is 0 Å². The van der Waals surface area contributed by atoms with Crippen LogP contribution in [0.3, 0.4) is 0 Å². The fraction of sp³-hybridized carbons (Fsp3) is 0.240. The predicted octanol–water partition coefficient (Wildman–Crippen LogP) is 5.84. The number of aryl methyl sites for hydroxylation is 1. The summed E-state index contributed by atoms with van der Waals surface area (Å²) in [7, 11) is -4.00. The highest BCUT2D eigenvalue weighted by molar-refractivity contribution is 7.92. The Morgan fingerprint density at radius 1 is 1.03 bits per heavy atom. The number of halogens is 3. The van der Waals surface area contributed by atoms with Gasteiger partial charge in [-0.3, -0.25) is 9.10 Å². The van der Waals surface area contributed by atoms with Crippen LogP contribution in [0.5, 0.6) is 0 Å². The van der Waals surface area contributed by atoms with Gasteiger partial charge in [-0.05, 0) is 59.9 Å². The first-order valence-electron chi connectivity index (χ1n) is 10.6. The molecule has 3 aromatic rings. The third-order valence-corrected chi connectivity index (χ3v) is 7.78. The Hall–Kier alpha value is -3.33. The molecular formula is C25H22F3NO4S. The Morgan fingerprint density at radius 2 is 1.71 bits per heavy atom. The topological polar surface area (TPSA) is 74.7 Å². The van der Waals surface area contributed by atoms with Gasteiger partial charge in [0, 0.05) is 18.9 Å². The van der Waals surface area contributed by atoms with Gasteiger partial charge in [-0.2, -0.15) is 13.2 Å². The first kappa shape index (κ1) is 23.8. The van der Waals surface area contributed by atoms with E-state index in [1.54, 1.807) is 25.1 Å². The predicted molar refractivity (Wildman–Crippen MR) is 122 cm³/mol. The van der Waals surface area contributed by atoms with E-state index in [4.69, 9.17) is 5.11 Å². The Balaban J connectivity index is 1.70. The second-order valence-corrected chi connectivity index (χ2v) is 10.1. The largest absolute Gasteiger partial charge is 0.481 e. The highest BCUT2D eigenvalue weighted by Gasteiger charge is 2.37. The van der Waals surface area contributed by atoms with Crippen molar-refractivity contribution in [2.24, 2.45) is 0 Å². The number of fused-ring (bicyclic) bond motifs is 1. The van der Waals surface area contributed by atoms with Crippen molar-refractivity contribution in [2.75, 3.05) is 10.8 Å². The highest BCUT2D eigenvalue weighted by atomic mass is 32.2. The number of rotatable bonds is 6. The molecule has 3 aromatic carbocycles. The number of sulfonamides is 1. The maximum atomic E-state index is 13.7. The lowest BCUT2D eigenvalue weighted by Gasteiger charge is -2.22. The molecule has 0 aromatic heterocycles. The molecule has 0 saturated carbocycles. The number of nitrogens with zero attached hydrogens (tertiary/aromatic N) is 1. The zero-order chi connectivity index (χ0) is 24.7. The van der Waals surface area contributed by atoms with Crippen LogP contribution in [0.15, 0.2) is 71.6 Å². The van der Waals surface area contributed by atoms with Gasteiger partial charge in [-0.15, -0.1) is 0 Å². The minimum absolute atomic E-state index is 0.0120. The molecule has 1 heterocycles. The average molecular weight is 490 g/mol. The standard InChI is InChI=1S/C25H22F3NO4S/c1-16-4-2-7-22-19(10-13-23(30)31)15-29(24(16)22)34(32,33)21-6-3-5-18(14-21)17-8-11-20(12-9-17)25(26,27)28/h2-9,11-12,14,19H,10,13,15H2,1H3,(H,30,31). The molecule has 1 atom stereocenters. The summed E-state index contributed by atoms with van der Waals surface area (Å²) in [6.45, 7) is 1.93. The number of benzene rings is 3. The van der Waals surface area contributed by atoms with Gasteiger partial charge in [0.05, 0.1) is 16.1 Å². The molecule has 34 heavy (non-hydrogen) atoms. The van der Waals surface area contributed by atoms with Crippen LogP contribution in [0.1, 0.15) is 35.4 Å². The van der Waals surface area contributed by atoms with Crippen molar-refractivity contribution in [3.05, 3.63) is 83.4 Å². The quantitative estimate of drug-likeness (QED) is 0.472. The normalized spacial score (nSPS) is 15.9. The van der Waals surface area contributed by atoms with Crippen LogP contribution in [0.4, 0.5) is 18.9 Å². The molecule has 9 heteroatoms. The summed E-state index contributed by atoms with van der Waals surface area (Å²) < 4.78 is 67.3. The molecular weight excluding hydrogens is 467 g/mol. The molecule has 0 amide bonds. The van der Waals surface area contributed by atoms with Crippen molar-refractivity contribution in [1.29, 1.82) is 0 Å². The zero-order valence-electron chi connectivity index (χ0n) is 18.2. The van der Waals surface area contributed by atoms with Crippen LogP contribution in [-0.4, -0.2) is 26.0 Å². The Bertz CT molecular complexity index is 1340. The SMILES string of the molecule is Cc1cccc2c1N(S(=O)(=O)c1cccc(-c3ccc(C(F)(F)F)cc3)c1)CC2CCC(=O)O. The average Bonchev–Trinajstić information content (AvgIpc) is 3.18. The fourth-order valence-corrected chi connectivity index (χ4v) is 5.97. The van der Waals surface area contributed by atoms with Gasteiger partial charge in [-0.1, -0.05) is 42.5 Å². The van der Waals surface area contributed by atoms with Crippen LogP contribution < -0.4 is 4.31 Å². The number of hydrogen-bond acceptors (Lipinski definition) is 3. The molecule has 178 valence electrons. The van der Waals surface area contributed by atoms with Crippen molar-refractivity contribution >= 4 is 21.7 Å². The Kier molecular flexibility index (Phi) is 6.16. The van der Waals surface area contributed by atoms with E-state index in [1.807, 2.05) is 12.1 Å². The fourth-order valence-electron chi connectivity index (χ4n) is 4.32. The third-order valence-electron chi connectivity index (χ3n) is 6.02.